The van der Waals surface area contributed by atoms with Crippen molar-refractivity contribution >= 4 is 46.3 Å². The second kappa shape index (κ2) is 8.38. The lowest BCUT2D eigenvalue weighted by Gasteiger charge is -2.11. The maximum atomic E-state index is 12.1. The topological polar surface area (TPSA) is 57.1 Å². The third-order valence-electron chi connectivity index (χ3n) is 3.85. The number of anilines is 1. The number of rotatable bonds is 5. The largest absolute Gasteiger partial charge is 0.378 e. The van der Waals surface area contributed by atoms with E-state index in [1.54, 1.807) is 6.21 Å². The molecule has 1 atom stereocenters. The highest BCUT2D eigenvalue weighted by molar-refractivity contribution is 8.15. The fraction of sp³-hybridized carbons (Fsp3) is 0.211. The zero-order chi connectivity index (χ0) is 18.5. The van der Waals surface area contributed by atoms with Gasteiger partial charge >= 0.3 is 0 Å². The van der Waals surface area contributed by atoms with E-state index in [9.17, 15) is 4.79 Å². The van der Waals surface area contributed by atoms with Crippen LogP contribution in [0.3, 0.4) is 0 Å². The summed E-state index contributed by atoms with van der Waals surface area (Å²) in [7, 11) is 3.99. The zero-order valence-corrected chi connectivity index (χ0v) is 16.1. The van der Waals surface area contributed by atoms with Crippen LogP contribution in [0.4, 0.5) is 5.69 Å². The van der Waals surface area contributed by atoms with Crippen LogP contribution in [0.25, 0.3) is 0 Å². The Morgan fingerprint density at radius 2 is 2.00 bits per heavy atom. The number of carbonyl (C=O) groups is 1. The van der Waals surface area contributed by atoms with Crippen LogP contribution >= 0.6 is 23.4 Å². The number of nitrogens with zero attached hydrogens (tertiary/aromatic N) is 3. The quantitative estimate of drug-likeness (QED) is 0.631. The number of thioether (sulfide) groups is 1. The summed E-state index contributed by atoms with van der Waals surface area (Å²) in [5, 5.41) is 11.9. The third kappa shape index (κ3) is 4.86. The summed E-state index contributed by atoms with van der Waals surface area (Å²) in [5.41, 5.74) is 3.09. The third-order valence-corrected chi connectivity index (χ3v) is 5.16. The molecule has 0 aliphatic carbocycles. The first-order valence-electron chi connectivity index (χ1n) is 8.11. The van der Waals surface area contributed by atoms with Gasteiger partial charge in [-0.2, -0.15) is 5.10 Å². The number of halogens is 1. The number of hydrogen-bond donors (Lipinski definition) is 1. The van der Waals surface area contributed by atoms with Crippen molar-refractivity contribution in [3.05, 3.63) is 64.7 Å². The van der Waals surface area contributed by atoms with Crippen molar-refractivity contribution in [2.75, 3.05) is 19.0 Å². The molecule has 2 aromatic rings. The van der Waals surface area contributed by atoms with E-state index in [1.807, 2.05) is 67.5 Å². The predicted octanol–water partition coefficient (Wildman–Crippen LogP) is 3.57. The summed E-state index contributed by atoms with van der Waals surface area (Å²) in [6.45, 7) is 0. The van der Waals surface area contributed by atoms with Crippen LogP contribution < -0.4 is 10.2 Å². The standard InChI is InChI=1S/C19H19ClN4OS/c1-24(2)16-8-6-13(7-9-16)12-21-23-19-22-18(25)17(26-19)11-14-4-3-5-15(20)10-14/h3-10,12,17H,11H2,1-2H3,(H,22,23,25)/b21-12-/t17-/m1/s1. The predicted molar refractivity (Wildman–Crippen MR) is 110 cm³/mol. The number of carbonyl (C=O) groups excluding carboxylic acids is 1. The van der Waals surface area contributed by atoms with Gasteiger partial charge in [0.1, 0.15) is 0 Å². The van der Waals surface area contributed by atoms with E-state index in [-0.39, 0.29) is 11.2 Å². The first kappa shape index (κ1) is 18.5. The first-order chi connectivity index (χ1) is 12.5. The molecule has 1 aliphatic heterocycles. The lowest BCUT2D eigenvalue weighted by molar-refractivity contribution is -0.118. The Bertz CT molecular complexity index is 849. The maximum absolute atomic E-state index is 12.1. The highest BCUT2D eigenvalue weighted by atomic mass is 35.5. The molecular weight excluding hydrogens is 368 g/mol. The van der Waals surface area contributed by atoms with Gasteiger partial charge in [0.05, 0.1) is 11.5 Å². The van der Waals surface area contributed by atoms with E-state index in [0.29, 0.717) is 16.6 Å². The lowest BCUT2D eigenvalue weighted by Crippen LogP contribution is -2.25. The number of benzene rings is 2. The lowest BCUT2D eigenvalue weighted by atomic mass is 10.1. The molecule has 1 fully saturated rings. The van der Waals surface area contributed by atoms with Crippen molar-refractivity contribution in [1.82, 2.24) is 5.32 Å². The Morgan fingerprint density at radius 3 is 2.69 bits per heavy atom. The fourth-order valence-electron chi connectivity index (χ4n) is 2.47. The molecule has 26 heavy (non-hydrogen) atoms. The normalized spacial score (nSPS) is 18.5. The van der Waals surface area contributed by atoms with Crippen molar-refractivity contribution in [1.29, 1.82) is 0 Å². The van der Waals surface area contributed by atoms with Crippen molar-refractivity contribution in [3.8, 4) is 0 Å². The van der Waals surface area contributed by atoms with E-state index in [0.717, 1.165) is 16.8 Å². The number of amidine groups is 1. The van der Waals surface area contributed by atoms with E-state index in [4.69, 9.17) is 11.6 Å². The summed E-state index contributed by atoms with van der Waals surface area (Å²) < 4.78 is 0. The van der Waals surface area contributed by atoms with Crippen LogP contribution in [0.15, 0.2) is 58.7 Å². The van der Waals surface area contributed by atoms with Gasteiger partial charge in [-0.1, -0.05) is 47.6 Å². The Labute approximate surface area is 162 Å². The van der Waals surface area contributed by atoms with Crippen LogP contribution in [0.1, 0.15) is 11.1 Å². The summed E-state index contributed by atoms with van der Waals surface area (Å²) >= 11 is 7.38. The molecule has 2 aromatic carbocycles. The van der Waals surface area contributed by atoms with Crippen molar-refractivity contribution in [3.63, 3.8) is 0 Å². The smallest absolute Gasteiger partial charge is 0.239 e. The molecule has 0 unspecified atom stereocenters. The second-order valence-electron chi connectivity index (χ2n) is 6.07. The number of nitrogens with one attached hydrogen (secondary N) is 1. The number of amides is 1. The molecule has 0 bridgehead atoms. The minimum atomic E-state index is -0.221. The molecule has 1 N–H and O–H groups in total. The molecule has 0 saturated carbocycles. The zero-order valence-electron chi connectivity index (χ0n) is 14.5. The van der Waals surface area contributed by atoms with Gasteiger partial charge in [0.15, 0.2) is 5.17 Å². The first-order valence-corrected chi connectivity index (χ1v) is 9.37. The highest BCUT2D eigenvalue weighted by Crippen LogP contribution is 2.24. The average molecular weight is 387 g/mol. The van der Waals surface area contributed by atoms with Gasteiger partial charge in [0, 0.05) is 24.8 Å². The van der Waals surface area contributed by atoms with Gasteiger partial charge in [-0.25, -0.2) is 0 Å². The molecule has 1 saturated heterocycles. The van der Waals surface area contributed by atoms with E-state index in [1.165, 1.54) is 11.8 Å². The molecule has 0 spiro atoms. The van der Waals surface area contributed by atoms with Gasteiger partial charge in [-0.3, -0.25) is 4.79 Å². The molecule has 0 aromatic heterocycles. The minimum absolute atomic E-state index is 0.0562. The van der Waals surface area contributed by atoms with Gasteiger partial charge in [0.2, 0.25) is 5.91 Å². The van der Waals surface area contributed by atoms with Crippen LogP contribution in [0.2, 0.25) is 5.02 Å². The Balaban J connectivity index is 1.60. The van der Waals surface area contributed by atoms with Gasteiger partial charge in [0.25, 0.3) is 0 Å². The van der Waals surface area contributed by atoms with Gasteiger partial charge < -0.3 is 10.2 Å². The average Bonchev–Trinajstić information content (AvgIpc) is 2.95. The van der Waals surface area contributed by atoms with Crippen LogP contribution in [0.5, 0.6) is 0 Å². The Hall–Kier alpha value is -2.31. The van der Waals surface area contributed by atoms with Gasteiger partial charge in [-0.15, -0.1) is 5.10 Å². The molecule has 134 valence electrons. The molecule has 5 nitrogen and oxygen atoms in total. The molecule has 1 aliphatic rings. The monoisotopic (exact) mass is 386 g/mol. The second-order valence-corrected chi connectivity index (χ2v) is 7.69. The van der Waals surface area contributed by atoms with E-state index >= 15 is 0 Å². The molecule has 3 rings (SSSR count). The minimum Gasteiger partial charge on any atom is -0.378 e. The number of hydrogen-bond acceptors (Lipinski definition) is 5. The molecule has 0 radical (unpaired) electrons. The summed E-state index contributed by atoms with van der Waals surface area (Å²) in [6.07, 6.45) is 2.27. The molecule has 1 heterocycles. The van der Waals surface area contributed by atoms with Crippen molar-refractivity contribution in [2.45, 2.75) is 11.7 Å². The van der Waals surface area contributed by atoms with E-state index in [2.05, 4.69) is 15.5 Å². The maximum Gasteiger partial charge on any atom is 0.239 e. The van der Waals surface area contributed by atoms with Crippen LogP contribution in [-0.2, 0) is 11.2 Å². The molecular formula is C19H19ClN4OS. The van der Waals surface area contributed by atoms with Crippen molar-refractivity contribution in [2.24, 2.45) is 10.2 Å². The Kier molecular flexibility index (Phi) is 5.96. The molecule has 1 amide bonds. The summed E-state index contributed by atoms with van der Waals surface area (Å²) in [6, 6.07) is 15.5. The Morgan fingerprint density at radius 1 is 1.23 bits per heavy atom. The van der Waals surface area contributed by atoms with Crippen LogP contribution in [0, 0.1) is 0 Å². The van der Waals surface area contributed by atoms with Crippen LogP contribution in [-0.4, -0.2) is 36.6 Å². The summed E-state index contributed by atoms with van der Waals surface area (Å²) in [5.74, 6) is -0.0562. The molecule has 7 heteroatoms. The van der Waals surface area contributed by atoms with Crippen molar-refractivity contribution < 1.29 is 4.79 Å². The van der Waals surface area contributed by atoms with E-state index < -0.39 is 0 Å². The van der Waals surface area contributed by atoms with Gasteiger partial charge in [-0.05, 0) is 41.8 Å². The highest BCUT2D eigenvalue weighted by Gasteiger charge is 2.30. The fourth-order valence-corrected chi connectivity index (χ4v) is 3.65. The summed E-state index contributed by atoms with van der Waals surface area (Å²) in [4.78, 5) is 14.1. The SMILES string of the molecule is CN(C)c1ccc(/C=N\N=C2/NC(=O)[C@@H](Cc3cccc(Cl)c3)S2)cc1.